The minimum atomic E-state index is -2.27. The molecule has 0 unspecified atom stereocenters. The summed E-state index contributed by atoms with van der Waals surface area (Å²) in [6.45, 7) is 4.35. The highest BCUT2D eigenvalue weighted by molar-refractivity contribution is 7.46. The summed E-state index contributed by atoms with van der Waals surface area (Å²) in [4.78, 5) is 0. The molecule has 0 saturated heterocycles. The first-order valence-electron chi connectivity index (χ1n) is 11.6. The summed E-state index contributed by atoms with van der Waals surface area (Å²) >= 11 is 0. The zero-order valence-corrected chi connectivity index (χ0v) is 21.1. The molecule has 5 aromatic rings. The Labute approximate surface area is 205 Å². The molecule has 0 spiro atoms. The summed E-state index contributed by atoms with van der Waals surface area (Å²) < 4.78 is 0. The Morgan fingerprint density at radius 1 is 0.441 bits per heavy atom. The molecule has 0 aliphatic rings. The smallest absolute Gasteiger partial charge is 0.0906 e. The zero-order valence-electron chi connectivity index (χ0n) is 19.1. The maximum absolute atomic E-state index is 4.35. The van der Waals surface area contributed by atoms with Gasteiger partial charge in [0, 0.05) is 0 Å². The van der Waals surface area contributed by atoms with Crippen molar-refractivity contribution in [3.05, 3.63) is 163 Å². The van der Waals surface area contributed by atoms with E-state index in [1.54, 1.807) is 0 Å². The molecule has 34 heavy (non-hydrogen) atoms. The second-order valence-electron chi connectivity index (χ2n) is 8.40. The number of hydrogen-bond donors (Lipinski definition) is 0. The maximum Gasteiger partial charge on any atom is 0.139 e. The minimum Gasteiger partial charge on any atom is -0.0906 e. The average Bonchev–Trinajstić information content (AvgIpc) is 2.94. The monoisotopic (exact) mass is 466 g/mol. The van der Waals surface area contributed by atoms with E-state index in [0.29, 0.717) is 9.04 Å². The largest absolute Gasteiger partial charge is 0.139 e. The van der Waals surface area contributed by atoms with Crippen LogP contribution in [0.4, 0.5) is 0 Å². The molecule has 2 heteroatoms. The van der Waals surface area contributed by atoms with Crippen molar-refractivity contribution in [1.82, 2.24) is 0 Å². The van der Waals surface area contributed by atoms with Gasteiger partial charge in [-0.2, -0.15) is 0 Å². The van der Waals surface area contributed by atoms with Gasteiger partial charge in [0.15, 0.2) is 0 Å². The second-order valence-corrected chi connectivity index (χ2v) is 15.5. The van der Waals surface area contributed by atoms with Gasteiger partial charge in [-0.3, -0.25) is 0 Å². The summed E-state index contributed by atoms with van der Waals surface area (Å²) in [7, 11) is -1.60. The number of hydrogen-bond acceptors (Lipinski definition) is 0. The van der Waals surface area contributed by atoms with Gasteiger partial charge in [0.05, 0.1) is 9.04 Å². The summed E-state index contributed by atoms with van der Waals surface area (Å²) in [6, 6.07) is 52.9. The molecule has 0 aromatic heterocycles. The van der Waals surface area contributed by atoms with Crippen LogP contribution in [0.15, 0.2) is 152 Å². The molecule has 0 saturated carbocycles. The molecule has 0 atom stereocenters. The van der Waals surface area contributed by atoms with Crippen LogP contribution in [0.25, 0.3) is 5.57 Å². The molecule has 0 aliphatic carbocycles. The van der Waals surface area contributed by atoms with Crippen molar-refractivity contribution in [2.45, 2.75) is 0 Å². The Morgan fingerprint density at radius 2 is 0.794 bits per heavy atom. The van der Waals surface area contributed by atoms with E-state index in [4.69, 9.17) is 0 Å². The standard InChI is InChI=1S/C32H26Si2/c1-26(27-14-6-2-7-15-27)28-22-24-29(25-23-28)33-34(30-16-8-3-9-17-30,31-18-10-4-11-19-31)32-20-12-5-13-21-32/h2-25H,1H2. The number of benzene rings is 5. The lowest BCUT2D eigenvalue weighted by Crippen LogP contribution is -2.73. The summed E-state index contributed by atoms with van der Waals surface area (Å²) in [5, 5.41) is 5.73. The summed E-state index contributed by atoms with van der Waals surface area (Å²) in [5.41, 5.74) is 3.40. The Morgan fingerprint density at radius 3 is 1.21 bits per heavy atom. The fourth-order valence-electron chi connectivity index (χ4n) is 4.56. The molecule has 0 nitrogen and oxygen atoms in total. The third-order valence-electron chi connectivity index (χ3n) is 6.31. The maximum atomic E-state index is 4.35. The van der Waals surface area contributed by atoms with Gasteiger partial charge < -0.3 is 0 Å². The quantitative estimate of drug-likeness (QED) is 0.240. The van der Waals surface area contributed by atoms with E-state index < -0.39 is 7.59 Å². The molecule has 0 heterocycles. The van der Waals surface area contributed by atoms with Crippen molar-refractivity contribution < 1.29 is 0 Å². The summed E-state index contributed by atoms with van der Waals surface area (Å²) in [6.07, 6.45) is 0. The van der Waals surface area contributed by atoms with Crippen molar-refractivity contribution in [2.75, 3.05) is 0 Å². The first-order chi connectivity index (χ1) is 16.8. The Kier molecular flexibility index (Phi) is 6.52. The number of rotatable bonds is 7. The van der Waals surface area contributed by atoms with E-state index in [1.807, 2.05) is 6.07 Å². The molecule has 0 N–H and O–H groups in total. The van der Waals surface area contributed by atoms with Gasteiger partial charge in [-0.25, -0.2) is 0 Å². The Bertz CT molecular complexity index is 1250. The van der Waals surface area contributed by atoms with Crippen LogP contribution in [0.3, 0.4) is 0 Å². The van der Waals surface area contributed by atoms with E-state index >= 15 is 0 Å². The fraction of sp³-hybridized carbons (Fsp3) is 0. The van der Waals surface area contributed by atoms with E-state index in [-0.39, 0.29) is 0 Å². The average molecular weight is 467 g/mol. The SMILES string of the molecule is C=C(c1ccccc1)c1ccc([Si][Si](c2ccccc2)(c2ccccc2)c2ccccc2)cc1. The fourth-order valence-corrected chi connectivity index (χ4v) is 13.4. The topological polar surface area (TPSA) is 0 Å². The second kappa shape index (κ2) is 10.0. The third-order valence-corrected chi connectivity index (χ3v) is 15.5. The normalized spacial score (nSPS) is 11.2. The van der Waals surface area contributed by atoms with Crippen LogP contribution in [0.5, 0.6) is 0 Å². The van der Waals surface area contributed by atoms with Crippen molar-refractivity contribution in [2.24, 2.45) is 0 Å². The van der Waals surface area contributed by atoms with Crippen molar-refractivity contribution >= 4 is 42.9 Å². The van der Waals surface area contributed by atoms with Crippen molar-refractivity contribution in [3.63, 3.8) is 0 Å². The third kappa shape index (κ3) is 4.38. The summed E-state index contributed by atoms with van der Waals surface area (Å²) in [5.74, 6) is 0. The van der Waals surface area contributed by atoms with Crippen LogP contribution in [0.1, 0.15) is 11.1 Å². The molecular formula is C32H26Si2. The first kappa shape index (κ1) is 22.1. The van der Waals surface area contributed by atoms with Gasteiger partial charge in [-0.1, -0.05) is 173 Å². The molecule has 0 aliphatic heterocycles. The van der Waals surface area contributed by atoms with Crippen LogP contribution in [0, 0.1) is 0 Å². The van der Waals surface area contributed by atoms with E-state index in [1.165, 1.54) is 31.9 Å². The van der Waals surface area contributed by atoms with Crippen LogP contribution < -0.4 is 20.7 Å². The molecule has 0 fully saturated rings. The molecule has 162 valence electrons. The van der Waals surface area contributed by atoms with Gasteiger partial charge in [-0.15, -0.1) is 0 Å². The Hall–Kier alpha value is -3.73. The van der Waals surface area contributed by atoms with Crippen LogP contribution in [-0.2, 0) is 0 Å². The molecular weight excluding hydrogens is 441 g/mol. The highest BCUT2D eigenvalue weighted by Gasteiger charge is 2.39. The zero-order chi connectivity index (χ0) is 23.2. The van der Waals surface area contributed by atoms with Crippen LogP contribution >= 0.6 is 0 Å². The highest BCUT2D eigenvalue weighted by atomic mass is 29.2. The molecule has 2 radical (unpaired) electrons. The predicted molar refractivity (Wildman–Crippen MR) is 150 cm³/mol. The lowest BCUT2D eigenvalue weighted by molar-refractivity contribution is 1.57. The first-order valence-corrected chi connectivity index (χ1v) is 15.6. The van der Waals surface area contributed by atoms with Crippen molar-refractivity contribution in [1.29, 1.82) is 0 Å². The lowest BCUT2D eigenvalue weighted by Gasteiger charge is -2.33. The molecule has 0 bridgehead atoms. The van der Waals surface area contributed by atoms with Gasteiger partial charge in [0.1, 0.15) is 7.59 Å². The minimum absolute atomic E-state index is 0.664. The Balaban J connectivity index is 1.60. The highest BCUT2D eigenvalue weighted by Crippen LogP contribution is 2.20. The van der Waals surface area contributed by atoms with Gasteiger partial charge in [-0.05, 0) is 16.7 Å². The van der Waals surface area contributed by atoms with Crippen LogP contribution in [-0.4, -0.2) is 16.6 Å². The molecule has 5 rings (SSSR count). The van der Waals surface area contributed by atoms with Crippen LogP contribution in [0.2, 0.25) is 0 Å². The molecule has 0 amide bonds. The van der Waals surface area contributed by atoms with E-state index in [9.17, 15) is 0 Å². The van der Waals surface area contributed by atoms with Gasteiger partial charge >= 0.3 is 0 Å². The van der Waals surface area contributed by atoms with Gasteiger partial charge in [0.2, 0.25) is 0 Å². The van der Waals surface area contributed by atoms with Gasteiger partial charge in [0.25, 0.3) is 0 Å². The van der Waals surface area contributed by atoms with E-state index in [2.05, 4.69) is 146 Å². The van der Waals surface area contributed by atoms with E-state index in [0.717, 1.165) is 5.57 Å². The molecule has 5 aromatic carbocycles. The van der Waals surface area contributed by atoms with Crippen molar-refractivity contribution in [3.8, 4) is 0 Å². The predicted octanol–water partition coefficient (Wildman–Crippen LogP) is 4.74. The lowest BCUT2D eigenvalue weighted by atomic mass is 10.00.